The number of amidine groups is 1. The Labute approximate surface area is 85.1 Å². The molecule has 78 valence electrons. The zero-order valence-corrected chi connectivity index (χ0v) is 7.77. The Balaban J connectivity index is 2.64. The Morgan fingerprint density at radius 2 is 2.27 bits per heavy atom. The van der Waals surface area contributed by atoms with E-state index in [9.17, 15) is 9.18 Å². The molecule has 0 aromatic heterocycles. The summed E-state index contributed by atoms with van der Waals surface area (Å²) in [5, 5.41) is 4.71. The third-order valence-electron chi connectivity index (χ3n) is 2.36. The van der Waals surface area contributed by atoms with Crippen LogP contribution < -0.4 is 11.7 Å². The second-order valence-electron chi connectivity index (χ2n) is 3.19. The summed E-state index contributed by atoms with van der Waals surface area (Å²) >= 11 is 0. The van der Waals surface area contributed by atoms with Crippen LogP contribution in [0, 0.1) is 5.82 Å². The standard InChI is InChI=1S/C9H9FN4O/c10-8-5(4-15)1-2-6-7(8)3-14(12)9(6)13-11/h1-2,4H,3,11-12H2/b13-9-. The summed E-state index contributed by atoms with van der Waals surface area (Å²) in [6.45, 7) is 0.166. The summed E-state index contributed by atoms with van der Waals surface area (Å²) in [5.41, 5.74) is 0.898. The van der Waals surface area contributed by atoms with Crippen molar-refractivity contribution in [2.24, 2.45) is 16.8 Å². The van der Waals surface area contributed by atoms with Gasteiger partial charge in [0.2, 0.25) is 0 Å². The number of carbonyl (C=O) groups excluding carboxylic acids is 1. The maximum Gasteiger partial charge on any atom is 0.170 e. The van der Waals surface area contributed by atoms with Gasteiger partial charge in [-0.25, -0.2) is 10.2 Å². The first-order chi connectivity index (χ1) is 7.19. The Morgan fingerprint density at radius 3 is 2.87 bits per heavy atom. The zero-order chi connectivity index (χ0) is 11.0. The molecule has 1 aliphatic rings. The molecule has 2 rings (SSSR count). The highest BCUT2D eigenvalue weighted by atomic mass is 19.1. The van der Waals surface area contributed by atoms with Gasteiger partial charge < -0.3 is 5.84 Å². The minimum atomic E-state index is -0.559. The van der Waals surface area contributed by atoms with Crippen LogP contribution in [0.2, 0.25) is 0 Å². The number of aldehydes is 1. The van der Waals surface area contributed by atoms with Crippen molar-refractivity contribution in [3.05, 3.63) is 34.6 Å². The summed E-state index contributed by atoms with van der Waals surface area (Å²) in [5.74, 6) is 10.5. The molecule has 0 bridgehead atoms. The average molecular weight is 208 g/mol. The van der Waals surface area contributed by atoms with Crippen molar-refractivity contribution in [2.45, 2.75) is 6.54 Å². The van der Waals surface area contributed by atoms with Crippen LogP contribution in [-0.2, 0) is 6.54 Å². The van der Waals surface area contributed by atoms with Crippen LogP contribution in [0.25, 0.3) is 0 Å². The predicted octanol–water partition coefficient (Wildman–Crippen LogP) is -0.0522. The number of hydrazone groups is 1. The largest absolute Gasteiger partial charge is 0.321 e. The molecule has 15 heavy (non-hydrogen) atoms. The predicted molar refractivity (Wildman–Crippen MR) is 52.2 cm³/mol. The van der Waals surface area contributed by atoms with Crippen molar-refractivity contribution < 1.29 is 9.18 Å². The van der Waals surface area contributed by atoms with Crippen molar-refractivity contribution >= 4 is 12.1 Å². The normalized spacial score (nSPS) is 16.9. The molecule has 0 aliphatic carbocycles. The van der Waals surface area contributed by atoms with Crippen molar-refractivity contribution in [3.63, 3.8) is 0 Å². The molecule has 0 radical (unpaired) electrons. The van der Waals surface area contributed by atoms with Crippen molar-refractivity contribution in [1.82, 2.24) is 5.01 Å². The highest BCUT2D eigenvalue weighted by Gasteiger charge is 2.27. The van der Waals surface area contributed by atoms with Crippen molar-refractivity contribution in [1.29, 1.82) is 0 Å². The minimum Gasteiger partial charge on any atom is -0.321 e. The van der Waals surface area contributed by atoms with Crippen LogP contribution in [0.3, 0.4) is 0 Å². The number of hydrazine groups is 1. The van der Waals surface area contributed by atoms with Crippen LogP contribution in [0.15, 0.2) is 17.2 Å². The van der Waals surface area contributed by atoms with E-state index in [-0.39, 0.29) is 12.1 Å². The smallest absolute Gasteiger partial charge is 0.170 e. The van der Waals surface area contributed by atoms with Gasteiger partial charge in [-0.15, -0.1) is 0 Å². The summed E-state index contributed by atoms with van der Waals surface area (Å²) in [6.07, 6.45) is 0.466. The molecular formula is C9H9FN4O. The second-order valence-corrected chi connectivity index (χ2v) is 3.19. The Kier molecular flexibility index (Phi) is 2.12. The van der Waals surface area contributed by atoms with Crippen LogP contribution >= 0.6 is 0 Å². The van der Waals surface area contributed by atoms with E-state index in [1.54, 1.807) is 6.07 Å². The van der Waals surface area contributed by atoms with Gasteiger partial charge in [0.15, 0.2) is 12.1 Å². The number of benzene rings is 1. The molecule has 0 atom stereocenters. The second kappa shape index (κ2) is 3.32. The van der Waals surface area contributed by atoms with Crippen LogP contribution in [-0.4, -0.2) is 17.1 Å². The van der Waals surface area contributed by atoms with E-state index in [1.165, 1.54) is 11.1 Å². The summed E-state index contributed by atoms with van der Waals surface area (Å²) in [6, 6.07) is 2.96. The van der Waals surface area contributed by atoms with E-state index in [0.717, 1.165) is 0 Å². The fourth-order valence-electron chi connectivity index (χ4n) is 1.64. The molecule has 0 unspecified atom stereocenters. The molecule has 0 saturated heterocycles. The van der Waals surface area contributed by atoms with E-state index in [1.807, 2.05) is 0 Å². The quantitative estimate of drug-likeness (QED) is 0.385. The average Bonchev–Trinajstić information content (AvgIpc) is 2.56. The number of hydrogen-bond acceptors (Lipinski definition) is 4. The lowest BCUT2D eigenvalue weighted by atomic mass is 10.1. The first-order valence-electron chi connectivity index (χ1n) is 4.26. The van der Waals surface area contributed by atoms with E-state index < -0.39 is 5.82 Å². The van der Waals surface area contributed by atoms with Crippen molar-refractivity contribution in [3.8, 4) is 0 Å². The topological polar surface area (TPSA) is 84.7 Å². The number of carbonyl (C=O) groups is 1. The fraction of sp³-hybridized carbons (Fsp3) is 0.111. The van der Waals surface area contributed by atoms with Crippen LogP contribution in [0.5, 0.6) is 0 Å². The molecular weight excluding hydrogens is 199 g/mol. The van der Waals surface area contributed by atoms with Gasteiger partial charge in [0.25, 0.3) is 0 Å². The van der Waals surface area contributed by atoms with E-state index >= 15 is 0 Å². The lowest BCUT2D eigenvalue weighted by Gasteiger charge is -2.08. The molecule has 4 N–H and O–H groups in total. The molecule has 1 aromatic carbocycles. The Hall–Kier alpha value is -1.95. The van der Waals surface area contributed by atoms with Gasteiger partial charge in [-0.2, -0.15) is 5.10 Å². The van der Waals surface area contributed by atoms with Crippen LogP contribution in [0.4, 0.5) is 4.39 Å². The summed E-state index contributed by atoms with van der Waals surface area (Å²) in [4.78, 5) is 10.5. The number of nitrogens with zero attached hydrogens (tertiary/aromatic N) is 2. The number of nitrogens with two attached hydrogens (primary N) is 2. The monoisotopic (exact) mass is 208 g/mol. The SMILES string of the molecule is N/N=C1/c2ccc(C=O)c(F)c2CN1N. The van der Waals surface area contributed by atoms with E-state index in [4.69, 9.17) is 11.7 Å². The third-order valence-corrected chi connectivity index (χ3v) is 2.36. The summed E-state index contributed by atoms with van der Waals surface area (Å²) in [7, 11) is 0. The molecule has 0 saturated carbocycles. The highest BCUT2D eigenvalue weighted by molar-refractivity contribution is 6.02. The van der Waals surface area contributed by atoms with Gasteiger partial charge in [0.05, 0.1) is 12.1 Å². The number of rotatable bonds is 1. The van der Waals surface area contributed by atoms with Gasteiger partial charge in [-0.3, -0.25) is 9.80 Å². The van der Waals surface area contributed by atoms with Gasteiger partial charge >= 0.3 is 0 Å². The lowest BCUT2D eigenvalue weighted by Crippen LogP contribution is -2.32. The Morgan fingerprint density at radius 1 is 1.53 bits per heavy atom. The number of fused-ring (bicyclic) bond motifs is 1. The minimum absolute atomic E-state index is 0.0143. The van der Waals surface area contributed by atoms with Crippen LogP contribution in [0.1, 0.15) is 21.5 Å². The molecule has 5 nitrogen and oxygen atoms in total. The molecule has 6 heteroatoms. The van der Waals surface area contributed by atoms with E-state index in [2.05, 4.69) is 5.10 Å². The molecule has 1 aromatic rings. The van der Waals surface area contributed by atoms with E-state index in [0.29, 0.717) is 23.2 Å². The maximum atomic E-state index is 13.6. The first kappa shape index (κ1) is 9.60. The molecule has 1 aliphatic heterocycles. The molecule has 0 fully saturated rings. The first-order valence-corrected chi connectivity index (χ1v) is 4.26. The third kappa shape index (κ3) is 1.26. The number of hydrogen-bond donors (Lipinski definition) is 2. The molecule has 0 amide bonds. The van der Waals surface area contributed by atoms with Gasteiger partial charge in [-0.1, -0.05) is 0 Å². The molecule has 0 spiro atoms. The Bertz CT molecular complexity index is 458. The maximum absolute atomic E-state index is 13.6. The van der Waals surface area contributed by atoms with Gasteiger partial charge in [0, 0.05) is 11.1 Å². The highest BCUT2D eigenvalue weighted by Crippen LogP contribution is 2.25. The fourth-order valence-corrected chi connectivity index (χ4v) is 1.64. The van der Waals surface area contributed by atoms with Gasteiger partial charge in [0.1, 0.15) is 5.82 Å². The van der Waals surface area contributed by atoms with Gasteiger partial charge in [-0.05, 0) is 12.1 Å². The zero-order valence-electron chi connectivity index (χ0n) is 7.77. The number of halogens is 1. The lowest BCUT2D eigenvalue weighted by molar-refractivity contribution is 0.111. The van der Waals surface area contributed by atoms with Crippen molar-refractivity contribution in [2.75, 3.05) is 0 Å². The molecule has 1 heterocycles. The summed E-state index contributed by atoms with van der Waals surface area (Å²) < 4.78 is 13.6.